The quantitative estimate of drug-likeness (QED) is 0.762. The molecule has 3 fully saturated rings. The molecule has 3 rings (SSSR count). The van der Waals surface area contributed by atoms with Crippen LogP contribution >= 0.6 is 0 Å². The largest absolute Gasteiger partial charge is 0.444 e. The van der Waals surface area contributed by atoms with Gasteiger partial charge in [0.15, 0.2) is 0 Å². The summed E-state index contributed by atoms with van der Waals surface area (Å²) in [6, 6.07) is 0.287. The van der Waals surface area contributed by atoms with Crippen LogP contribution in [-0.2, 0) is 4.74 Å². The molecule has 2 heterocycles. The van der Waals surface area contributed by atoms with Gasteiger partial charge >= 0.3 is 6.09 Å². The normalized spacial score (nSPS) is 32.4. The minimum Gasteiger partial charge on any atom is -0.444 e. The Hall–Kier alpha value is -0.770. The molecule has 0 aromatic heterocycles. The highest BCUT2D eigenvalue weighted by molar-refractivity contribution is 5.70. The van der Waals surface area contributed by atoms with E-state index in [1.807, 2.05) is 25.7 Å². The highest BCUT2D eigenvalue weighted by Crippen LogP contribution is 2.50. The third-order valence-electron chi connectivity index (χ3n) is 3.79. The molecule has 1 aliphatic carbocycles. The number of amides is 1. The van der Waals surface area contributed by atoms with E-state index in [0.717, 1.165) is 13.0 Å². The molecule has 2 N–H and O–H groups in total. The Morgan fingerprint density at radius 2 is 1.88 bits per heavy atom. The highest BCUT2D eigenvalue weighted by atomic mass is 16.6. The SMILES string of the molecule is CC(C)(C)OC(=O)N1C[C@@H]2C[C@H]1C2C(C)(C)N. The Morgan fingerprint density at radius 1 is 1.29 bits per heavy atom. The molecule has 0 aromatic carbocycles. The number of ether oxygens (including phenoxy) is 1. The van der Waals surface area contributed by atoms with Crippen molar-refractivity contribution < 1.29 is 9.53 Å². The first-order chi connectivity index (χ1) is 7.59. The van der Waals surface area contributed by atoms with Crippen molar-refractivity contribution in [2.45, 2.75) is 58.2 Å². The second kappa shape index (κ2) is 3.61. The number of hydrogen-bond donors (Lipinski definition) is 1. The van der Waals surface area contributed by atoms with Crippen LogP contribution < -0.4 is 5.73 Å². The van der Waals surface area contributed by atoms with Gasteiger partial charge in [0.2, 0.25) is 0 Å². The van der Waals surface area contributed by atoms with Crippen molar-refractivity contribution in [3.63, 3.8) is 0 Å². The molecule has 4 heteroatoms. The second-order valence-electron chi connectivity index (χ2n) is 7.04. The summed E-state index contributed by atoms with van der Waals surface area (Å²) in [6.45, 7) is 10.6. The highest BCUT2D eigenvalue weighted by Gasteiger charge is 2.58. The van der Waals surface area contributed by atoms with Crippen molar-refractivity contribution in [1.29, 1.82) is 0 Å². The Labute approximate surface area is 103 Å². The Kier molecular flexibility index (Phi) is 2.69. The minimum absolute atomic E-state index is 0.184. The molecule has 0 radical (unpaired) electrons. The average molecular weight is 240 g/mol. The van der Waals surface area contributed by atoms with Crippen molar-refractivity contribution in [1.82, 2.24) is 4.90 Å². The van der Waals surface area contributed by atoms with Crippen molar-refractivity contribution in [2.75, 3.05) is 6.54 Å². The molecule has 2 aliphatic heterocycles. The van der Waals surface area contributed by atoms with Crippen LogP contribution in [0.4, 0.5) is 4.79 Å². The molecule has 98 valence electrons. The van der Waals surface area contributed by atoms with Crippen LogP contribution in [-0.4, -0.2) is 34.7 Å². The van der Waals surface area contributed by atoms with Gasteiger partial charge in [-0.05, 0) is 47.0 Å². The molecule has 1 saturated carbocycles. The van der Waals surface area contributed by atoms with Gasteiger partial charge in [-0.3, -0.25) is 0 Å². The third kappa shape index (κ3) is 2.28. The van der Waals surface area contributed by atoms with Gasteiger partial charge in [-0.2, -0.15) is 0 Å². The number of nitrogens with two attached hydrogens (primary N) is 1. The molecule has 3 aliphatic rings. The first-order valence-corrected chi connectivity index (χ1v) is 6.38. The first-order valence-electron chi connectivity index (χ1n) is 6.38. The van der Waals surface area contributed by atoms with Crippen molar-refractivity contribution in [2.24, 2.45) is 17.6 Å². The van der Waals surface area contributed by atoms with E-state index in [9.17, 15) is 4.79 Å². The summed E-state index contributed by atoms with van der Waals surface area (Å²) in [4.78, 5) is 13.9. The van der Waals surface area contributed by atoms with Crippen LogP contribution in [0.3, 0.4) is 0 Å². The van der Waals surface area contributed by atoms with Crippen molar-refractivity contribution >= 4 is 6.09 Å². The second-order valence-corrected chi connectivity index (χ2v) is 7.04. The zero-order valence-corrected chi connectivity index (χ0v) is 11.5. The smallest absolute Gasteiger partial charge is 0.410 e. The van der Waals surface area contributed by atoms with Crippen LogP contribution in [0.15, 0.2) is 0 Å². The lowest BCUT2D eigenvalue weighted by atomic mass is 9.65. The predicted molar refractivity (Wildman–Crippen MR) is 66.6 cm³/mol. The van der Waals surface area contributed by atoms with Crippen molar-refractivity contribution in [3.8, 4) is 0 Å². The molecule has 2 saturated heterocycles. The molecular formula is C13H24N2O2. The lowest BCUT2D eigenvalue weighted by Gasteiger charge is -2.44. The van der Waals surface area contributed by atoms with Gasteiger partial charge < -0.3 is 15.4 Å². The number of carbonyl (C=O) groups excluding carboxylic acids is 1. The molecule has 0 aromatic rings. The summed E-state index contributed by atoms with van der Waals surface area (Å²) in [5.41, 5.74) is 5.55. The molecular weight excluding hydrogens is 216 g/mol. The number of rotatable bonds is 1. The Morgan fingerprint density at radius 3 is 2.29 bits per heavy atom. The molecule has 17 heavy (non-hydrogen) atoms. The summed E-state index contributed by atoms with van der Waals surface area (Å²) >= 11 is 0. The number of nitrogens with zero attached hydrogens (tertiary/aromatic N) is 1. The summed E-state index contributed by atoms with van der Waals surface area (Å²) in [5, 5.41) is 0. The molecule has 4 nitrogen and oxygen atoms in total. The van der Waals surface area contributed by atoms with Gasteiger partial charge in [0, 0.05) is 24.0 Å². The average Bonchev–Trinajstić information content (AvgIpc) is 2.50. The summed E-state index contributed by atoms with van der Waals surface area (Å²) < 4.78 is 5.43. The van der Waals surface area contributed by atoms with Gasteiger partial charge in [-0.15, -0.1) is 0 Å². The van der Waals surface area contributed by atoms with E-state index in [1.165, 1.54) is 0 Å². The van der Waals surface area contributed by atoms with Crippen LogP contribution in [0.1, 0.15) is 41.0 Å². The van der Waals surface area contributed by atoms with Crippen LogP contribution in [0.2, 0.25) is 0 Å². The van der Waals surface area contributed by atoms with Crippen LogP contribution in [0.25, 0.3) is 0 Å². The van der Waals surface area contributed by atoms with E-state index in [2.05, 4.69) is 13.8 Å². The summed E-state index contributed by atoms with van der Waals surface area (Å²) in [6.07, 6.45) is 0.904. The van der Waals surface area contributed by atoms with Gasteiger partial charge in [0.1, 0.15) is 5.60 Å². The van der Waals surface area contributed by atoms with Gasteiger partial charge in [-0.25, -0.2) is 4.79 Å². The van der Waals surface area contributed by atoms with Crippen molar-refractivity contribution in [3.05, 3.63) is 0 Å². The minimum atomic E-state index is -0.419. The monoisotopic (exact) mass is 240 g/mol. The Bertz CT molecular complexity index is 327. The first kappa shape index (κ1) is 12.7. The van der Waals surface area contributed by atoms with Gasteiger partial charge in [0.05, 0.1) is 0 Å². The molecule has 3 atom stereocenters. The fourth-order valence-corrected chi connectivity index (χ4v) is 3.25. The van der Waals surface area contributed by atoms with E-state index < -0.39 is 5.60 Å². The van der Waals surface area contributed by atoms with E-state index in [-0.39, 0.29) is 17.7 Å². The van der Waals surface area contributed by atoms with E-state index in [4.69, 9.17) is 10.5 Å². The fraction of sp³-hybridized carbons (Fsp3) is 0.923. The maximum absolute atomic E-state index is 12.0. The van der Waals surface area contributed by atoms with Crippen LogP contribution in [0, 0.1) is 11.8 Å². The van der Waals surface area contributed by atoms with Gasteiger partial charge in [-0.1, -0.05) is 0 Å². The van der Waals surface area contributed by atoms with E-state index in [0.29, 0.717) is 11.8 Å². The van der Waals surface area contributed by atoms with E-state index >= 15 is 0 Å². The Balaban J connectivity index is 2.01. The molecule has 1 unspecified atom stereocenters. The summed E-state index contributed by atoms with van der Waals surface area (Å²) in [7, 11) is 0. The molecule has 0 spiro atoms. The molecule has 1 amide bonds. The lowest BCUT2D eigenvalue weighted by molar-refractivity contribution is 0.0153. The zero-order chi connectivity index (χ0) is 13.0. The third-order valence-corrected chi connectivity index (χ3v) is 3.79. The number of fused-ring (bicyclic) bond motifs is 1. The maximum atomic E-state index is 12.0. The molecule has 2 bridgehead atoms. The lowest BCUT2D eigenvalue weighted by Crippen LogP contribution is -2.56. The van der Waals surface area contributed by atoms with E-state index in [1.54, 1.807) is 0 Å². The van der Waals surface area contributed by atoms with Crippen LogP contribution in [0.5, 0.6) is 0 Å². The topological polar surface area (TPSA) is 55.6 Å². The zero-order valence-electron chi connectivity index (χ0n) is 11.5. The standard InChI is InChI=1S/C13H24N2O2/c1-12(2,3)17-11(16)15-7-8-6-9(15)10(8)13(4,5)14/h8-10H,6-7,14H2,1-5H3/t8-,9-,10?/m0/s1. The number of hydrogen-bond acceptors (Lipinski definition) is 3. The fourth-order valence-electron chi connectivity index (χ4n) is 3.25. The predicted octanol–water partition coefficient (Wildman–Crippen LogP) is 1.98. The maximum Gasteiger partial charge on any atom is 0.410 e. The summed E-state index contributed by atoms with van der Waals surface area (Å²) in [5.74, 6) is 0.988. The number of carbonyl (C=O) groups is 1. The van der Waals surface area contributed by atoms with Gasteiger partial charge in [0.25, 0.3) is 0 Å².